The van der Waals surface area contributed by atoms with Crippen LogP contribution in [0.3, 0.4) is 0 Å². The van der Waals surface area contributed by atoms with Gasteiger partial charge in [-0.15, -0.1) is 0 Å². The monoisotopic (exact) mass is 278 g/mol. The van der Waals surface area contributed by atoms with Crippen LogP contribution < -0.4 is 5.73 Å². The number of benzene rings is 1. The third-order valence-electron chi connectivity index (χ3n) is 3.41. The number of hydrogen-bond acceptors (Lipinski definition) is 4. The smallest absolute Gasteiger partial charge is 0.256 e. The molecule has 5 nitrogen and oxygen atoms in total. The highest BCUT2D eigenvalue weighted by atomic mass is 16.5. The van der Waals surface area contributed by atoms with Crippen molar-refractivity contribution in [1.29, 1.82) is 0 Å². The molecule has 0 spiro atoms. The molecular formula is C15H22N2O3. The molecule has 1 aromatic rings. The van der Waals surface area contributed by atoms with Crippen molar-refractivity contribution in [2.24, 2.45) is 0 Å². The molecule has 1 aliphatic rings. The summed E-state index contributed by atoms with van der Waals surface area (Å²) in [6.45, 7) is 6.52. The summed E-state index contributed by atoms with van der Waals surface area (Å²) in [5.41, 5.74) is 7.48. The standard InChI is InChI=1S/C15H22N2O3/c1-10-4-5-12(13(16)6-10)14(19)17-7-11(8-18)20-15(2,3)9-17/h4-6,11,18H,7-9,16H2,1-3H3. The lowest BCUT2D eigenvalue weighted by Crippen LogP contribution is -2.55. The second-order valence-corrected chi connectivity index (χ2v) is 5.96. The summed E-state index contributed by atoms with van der Waals surface area (Å²) < 4.78 is 5.71. The molecule has 2 rings (SSSR count). The fourth-order valence-corrected chi connectivity index (χ4v) is 2.59. The van der Waals surface area contributed by atoms with Crippen LogP contribution in [0.25, 0.3) is 0 Å². The molecule has 0 aliphatic carbocycles. The van der Waals surface area contributed by atoms with E-state index in [0.29, 0.717) is 24.3 Å². The average molecular weight is 278 g/mol. The molecule has 0 radical (unpaired) electrons. The molecule has 1 aliphatic heterocycles. The number of aryl methyl sites for hydroxylation is 1. The largest absolute Gasteiger partial charge is 0.398 e. The first kappa shape index (κ1) is 14.8. The minimum atomic E-state index is -0.471. The topological polar surface area (TPSA) is 75.8 Å². The van der Waals surface area contributed by atoms with Crippen molar-refractivity contribution in [1.82, 2.24) is 4.90 Å². The first-order valence-electron chi connectivity index (χ1n) is 6.76. The Morgan fingerprint density at radius 1 is 1.55 bits per heavy atom. The van der Waals surface area contributed by atoms with Gasteiger partial charge in [0.25, 0.3) is 5.91 Å². The van der Waals surface area contributed by atoms with Gasteiger partial charge in [-0.25, -0.2) is 0 Å². The van der Waals surface area contributed by atoms with Crippen LogP contribution in [0.4, 0.5) is 5.69 Å². The number of aliphatic hydroxyl groups is 1. The number of morpholine rings is 1. The first-order valence-corrected chi connectivity index (χ1v) is 6.76. The molecule has 0 saturated carbocycles. The Morgan fingerprint density at radius 2 is 2.25 bits per heavy atom. The van der Waals surface area contributed by atoms with E-state index in [1.807, 2.05) is 26.8 Å². The van der Waals surface area contributed by atoms with Crippen molar-refractivity contribution in [3.8, 4) is 0 Å². The molecule has 0 bridgehead atoms. The molecule has 1 atom stereocenters. The van der Waals surface area contributed by atoms with Crippen LogP contribution >= 0.6 is 0 Å². The molecule has 5 heteroatoms. The van der Waals surface area contributed by atoms with Crippen LogP contribution in [0.1, 0.15) is 29.8 Å². The van der Waals surface area contributed by atoms with E-state index in [-0.39, 0.29) is 18.6 Å². The maximum Gasteiger partial charge on any atom is 0.256 e. The number of nitrogens with zero attached hydrogens (tertiary/aromatic N) is 1. The van der Waals surface area contributed by atoms with Gasteiger partial charge in [0, 0.05) is 18.8 Å². The molecule has 3 N–H and O–H groups in total. The van der Waals surface area contributed by atoms with Crippen LogP contribution in [0.5, 0.6) is 0 Å². The van der Waals surface area contributed by atoms with E-state index in [2.05, 4.69) is 0 Å². The number of hydrogen-bond donors (Lipinski definition) is 2. The van der Waals surface area contributed by atoms with Crippen molar-refractivity contribution in [3.05, 3.63) is 29.3 Å². The highest BCUT2D eigenvalue weighted by Crippen LogP contribution is 2.24. The number of anilines is 1. The summed E-state index contributed by atoms with van der Waals surface area (Å²) in [5.74, 6) is -0.114. The summed E-state index contributed by atoms with van der Waals surface area (Å²) in [6.07, 6.45) is -0.352. The Morgan fingerprint density at radius 3 is 2.85 bits per heavy atom. The van der Waals surface area contributed by atoms with Crippen LogP contribution in [0.2, 0.25) is 0 Å². The number of carbonyl (C=O) groups is 1. The van der Waals surface area contributed by atoms with Crippen molar-refractivity contribution in [2.75, 3.05) is 25.4 Å². The van der Waals surface area contributed by atoms with Crippen molar-refractivity contribution in [2.45, 2.75) is 32.5 Å². The fraction of sp³-hybridized carbons (Fsp3) is 0.533. The Balaban J connectivity index is 2.23. The van der Waals surface area contributed by atoms with Gasteiger partial charge in [0.1, 0.15) is 0 Å². The van der Waals surface area contributed by atoms with Gasteiger partial charge >= 0.3 is 0 Å². The normalized spacial score (nSPS) is 21.8. The Kier molecular flexibility index (Phi) is 4.01. The van der Waals surface area contributed by atoms with Crippen molar-refractivity contribution < 1.29 is 14.6 Å². The van der Waals surface area contributed by atoms with Gasteiger partial charge < -0.3 is 20.5 Å². The molecule has 1 saturated heterocycles. The molecule has 1 amide bonds. The molecule has 1 unspecified atom stereocenters. The minimum Gasteiger partial charge on any atom is -0.398 e. The van der Waals surface area contributed by atoms with Crippen LogP contribution in [0, 0.1) is 6.92 Å². The number of carbonyl (C=O) groups excluding carboxylic acids is 1. The van der Waals surface area contributed by atoms with Gasteiger partial charge in [-0.3, -0.25) is 4.79 Å². The molecule has 1 fully saturated rings. The van der Waals surface area contributed by atoms with Crippen molar-refractivity contribution >= 4 is 11.6 Å². The molecule has 110 valence electrons. The van der Waals surface area contributed by atoms with E-state index >= 15 is 0 Å². The second kappa shape index (κ2) is 5.42. The zero-order chi connectivity index (χ0) is 14.9. The second-order valence-electron chi connectivity index (χ2n) is 5.96. The third-order valence-corrected chi connectivity index (χ3v) is 3.41. The van der Waals surface area contributed by atoms with Gasteiger partial charge in [-0.05, 0) is 38.5 Å². The summed E-state index contributed by atoms with van der Waals surface area (Å²) in [4.78, 5) is 14.3. The predicted octanol–water partition coefficient (Wildman–Crippen LogP) is 1.19. The maximum atomic E-state index is 12.6. The Labute approximate surface area is 119 Å². The molecule has 20 heavy (non-hydrogen) atoms. The highest BCUT2D eigenvalue weighted by Gasteiger charge is 2.35. The first-order chi connectivity index (χ1) is 9.32. The van der Waals surface area contributed by atoms with Crippen LogP contribution in [-0.4, -0.2) is 47.3 Å². The summed E-state index contributed by atoms with van der Waals surface area (Å²) in [7, 11) is 0. The van der Waals surface area contributed by atoms with E-state index in [1.165, 1.54) is 0 Å². The number of ether oxygens (including phenoxy) is 1. The number of amides is 1. The number of nitrogen functional groups attached to an aromatic ring is 1. The third kappa shape index (κ3) is 3.11. The zero-order valence-electron chi connectivity index (χ0n) is 12.2. The molecule has 1 heterocycles. The van der Waals surface area contributed by atoms with E-state index in [0.717, 1.165) is 5.56 Å². The number of aliphatic hydroxyl groups excluding tert-OH is 1. The average Bonchev–Trinajstić information content (AvgIpc) is 2.36. The van der Waals surface area contributed by atoms with E-state index in [1.54, 1.807) is 17.0 Å². The molecule has 0 aromatic heterocycles. The van der Waals surface area contributed by atoms with Gasteiger partial charge in [-0.2, -0.15) is 0 Å². The fourth-order valence-electron chi connectivity index (χ4n) is 2.59. The van der Waals surface area contributed by atoms with E-state index in [9.17, 15) is 9.90 Å². The highest BCUT2D eigenvalue weighted by molar-refractivity contribution is 5.99. The quantitative estimate of drug-likeness (QED) is 0.797. The summed E-state index contributed by atoms with van der Waals surface area (Å²) in [6, 6.07) is 5.42. The van der Waals surface area contributed by atoms with E-state index in [4.69, 9.17) is 10.5 Å². The summed E-state index contributed by atoms with van der Waals surface area (Å²) >= 11 is 0. The lowest BCUT2D eigenvalue weighted by molar-refractivity contribution is -0.139. The maximum absolute atomic E-state index is 12.6. The lowest BCUT2D eigenvalue weighted by atomic mass is 10.0. The van der Waals surface area contributed by atoms with Gasteiger partial charge in [0.2, 0.25) is 0 Å². The van der Waals surface area contributed by atoms with E-state index < -0.39 is 5.60 Å². The Bertz CT molecular complexity index is 514. The number of rotatable bonds is 2. The predicted molar refractivity (Wildman–Crippen MR) is 77.5 cm³/mol. The minimum absolute atomic E-state index is 0.101. The Hall–Kier alpha value is -1.59. The van der Waals surface area contributed by atoms with Crippen LogP contribution in [-0.2, 0) is 4.74 Å². The SMILES string of the molecule is Cc1ccc(C(=O)N2CC(CO)OC(C)(C)C2)c(N)c1. The van der Waals surface area contributed by atoms with Gasteiger partial charge in [-0.1, -0.05) is 6.07 Å². The van der Waals surface area contributed by atoms with Crippen LogP contribution in [0.15, 0.2) is 18.2 Å². The zero-order valence-corrected chi connectivity index (χ0v) is 12.2. The lowest BCUT2D eigenvalue weighted by Gasteiger charge is -2.42. The number of nitrogens with two attached hydrogens (primary N) is 1. The molecule has 1 aromatic carbocycles. The van der Waals surface area contributed by atoms with Crippen molar-refractivity contribution in [3.63, 3.8) is 0 Å². The summed E-state index contributed by atoms with van der Waals surface area (Å²) in [5, 5.41) is 9.30. The molecular weight excluding hydrogens is 256 g/mol. The van der Waals surface area contributed by atoms with Gasteiger partial charge in [0.15, 0.2) is 0 Å². The van der Waals surface area contributed by atoms with Gasteiger partial charge in [0.05, 0.1) is 23.9 Å².